The van der Waals surface area contributed by atoms with E-state index >= 15 is 0 Å². The zero-order valence-corrected chi connectivity index (χ0v) is 11.0. The van der Waals surface area contributed by atoms with Crippen LogP contribution in [0.2, 0.25) is 0 Å². The third-order valence-corrected chi connectivity index (χ3v) is 3.73. The van der Waals surface area contributed by atoms with Gasteiger partial charge in [-0.3, -0.25) is 14.9 Å². The largest absolute Gasteiger partial charge is 0.296 e. The molecular formula is C17H15NO2. The van der Waals surface area contributed by atoms with Crippen LogP contribution in [0.15, 0.2) is 60.7 Å². The standard InChI is InChI=1S/C17H15NO2/c19-16-14(11-12-7-3-1-4-8-12)15(17(20)18-16)13-9-5-2-6-10-13/h1-10,14-15H,11H2,(H,18,19,20)/t14-,15-/m1/s1. The van der Waals surface area contributed by atoms with Crippen LogP contribution in [0.3, 0.4) is 0 Å². The average Bonchev–Trinajstić information content (AvgIpc) is 2.75. The summed E-state index contributed by atoms with van der Waals surface area (Å²) in [5.41, 5.74) is 1.97. The van der Waals surface area contributed by atoms with Gasteiger partial charge in [-0.2, -0.15) is 0 Å². The molecule has 2 atom stereocenters. The summed E-state index contributed by atoms with van der Waals surface area (Å²) in [4.78, 5) is 24.1. The van der Waals surface area contributed by atoms with Gasteiger partial charge in [-0.05, 0) is 17.5 Å². The summed E-state index contributed by atoms with van der Waals surface area (Å²) in [7, 11) is 0. The minimum Gasteiger partial charge on any atom is -0.296 e. The van der Waals surface area contributed by atoms with Crippen molar-refractivity contribution in [2.75, 3.05) is 0 Å². The lowest BCUT2D eigenvalue weighted by Crippen LogP contribution is -2.22. The molecule has 2 aromatic carbocycles. The molecule has 1 aliphatic heterocycles. The number of imide groups is 1. The topological polar surface area (TPSA) is 46.2 Å². The van der Waals surface area contributed by atoms with Gasteiger partial charge in [0.1, 0.15) is 0 Å². The smallest absolute Gasteiger partial charge is 0.234 e. The molecule has 1 N–H and O–H groups in total. The molecule has 0 radical (unpaired) electrons. The number of carbonyl (C=O) groups excluding carboxylic acids is 2. The minimum absolute atomic E-state index is 0.173. The summed E-state index contributed by atoms with van der Waals surface area (Å²) in [5, 5.41) is 2.46. The molecule has 0 aromatic heterocycles. The second kappa shape index (κ2) is 5.29. The molecule has 2 amide bonds. The highest BCUT2D eigenvalue weighted by molar-refractivity contribution is 6.07. The first kappa shape index (κ1) is 12.6. The van der Waals surface area contributed by atoms with Crippen molar-refractivity contribution in [1.29, 1.82) is 0 Å². The van der Waals surface area contributed by atoms with Crippen LogP contribution in [-0.2, 0) is 16.0 Å². The van der Waals surface area contributed by atoms with Crippen LogP contribution in [0.4, 0.5) is 0 Å². The molecule has 3 heteroatoms. The van der Waals surface area contributed by atoms with E-state index in [4.69, 9.17) is 0 Å². The number of amides is 2. The highest BCUT2D eigenvalue weighted by Gasteiger charge is 2.42. The van der Waals surface area contributed by atoms with Gasteiger partial charge in [0.15, 0.2) is 0 Å². The van der Waals surface area contributed by atoms with Crippen LogP contribution in [0.5, 0.6) is 0 Å². The fourth-order valence-electron chi connectivity index (χ4n) is 2.75. The van der Waals surface area contributed by atoms with Gasteiger partial charge in [-0.25, -0.2) is 0 Å². The van der Waals surface area contributed by atoms with Crippen molar-refractivity contribution >= 4 is 11.8 Å². The van der Waals surface area contributed by atoms with Crippen molar-refractivity contribution in [3.63, 3.8) is 0 Å². The average molecular weight is 265 g/mol. The maximum absolute atomic E-state index is 12.1. The van der Waals surface area contributed by atoms with E-state index in [9.17, 15) is 9.59 Å². The Morgan fingerprint density at radius 2 is 1.40 bits per heavy atom. The molecule has 1 heterocycles. The quantitative estimate of drug-likeness (QED) is 0.865. The van der Waals surface area contributed by atoms with Gasteiger partial charge in [-0.1, -0.05) is 60.7 Å². The summed E-state index contributed by atoms with van der Waals surface area (Å²) >= 11 is 0. The molecule has 1 saturated heterocycles. The van der Waals surface area contributed by atoms with Crippen LogP contribution in [0.25, 0.3) is 0 Å². The predicted octanol–water partition coefficient (Wildman–Crippen LogP) is 2.29. The van der Waals surface area contributed by atoms with E-state index in [1.165, 1.54) is 0 Å². The Morgan fingerprint density at radius 1 is 0.800 bits per heavy atom. The molecule has 3 rings (SSSR count). The molecule has 0 unspecified atom stereocenters. The van der Waals surface area contributed by atoms with E-state index in [2.05, 4.69) is 5.32 Å². The Hall–Kier alpha value is -2.42. The van der Waals surface area contributed by atoms with Crippen LogP contribution < -0.4 is 5.32 Å². The minimum atomic E-state index is -0.385. The summed E-state index contributed by atoms with van der Waals surface area (Å²) in [6.07, 6.45) is 0.581. The van der Waals surface area contributed by atoms with Gasteiger partial charge < -0.3 is 0 Å². The first-order chi connectivity index (χ1) is 9.75. The van der Waals surface area contributed by atoms with Crippen LogP contribution >= 0.6 is 0 Å². The number of rotatable bonds is 3. The maximum Gasteiger partial charge on any atom is 0.234 e. The van der Waals surface area contributed by atoms with E-state index in [1.807, 2.05) is 60.7 Å². The van der Waals surface area contributed by atoms with E-state index in [0.717, 1.165) is 11.1 Å². The Kier molecular flexibility index (Phi) is 3.33. The SMILES string of the molecule is O=C1NC(=O)[C@H](Cc2ccccc2)[C@H]1c1ccccc1. The predicted molar refractivity (Wildman–Crippen MR) is 76.0 cm³/mol. The van der Waals surface area contributed by atoms with Gasteiger partial charge in [0, 0.05) is 0 Å². The molecule has 0 bridgehead atoms. The van der Waals surface area contributed by atoms with Crippen molar-refractivity contribution in [1.82, 2.24) is 5.32 Å². The maximum atomic E-state index is 12.1. The number of benzene rings is 2. The van der Waals surface area contributed by atoms with Crippen molar-refractivity contribution < 1.29 is 9.59 Å². The Balaban J connectivity index is 1.91. The monoisotopic (exact) mass is 265 g/mol. The lowest BCUT2D eigenvalue weighted by Gasteiger charge is -2.15. The zero-order valence-electron chi connectivity index (χ0n) is 11.0. The van der Waals surface area contributed by atoms with Gasteiger partial charge in [-0.15, -0.1) is 0 Å². The van der Waals surface area contributed by atoms with Gasteiger partial charge in [0.25, 0.3) is 0 Å². The summed E-state index contributed by atoms with van der Waals surface area (Å²) in [6, 6.07) is 19.3. The van der Waals surface area contributed by atoms with Crippen molar-refractivity contribution in [2.24, 2.45) is 5.92 Å². The second-order valence-electron chi connectivity index (χ2n) is 5.04. The normalized spacial score (nSPS) is 21.8. The Bertz CT molecular complexity index is 622. The fourth-order valence-corrected chi connectivity index (χ4v) is 2.75. The summed E-state index contributed by atoms with van der Waals surface area (Å²) in [5.74, 6) is -1.08. The molecule has 0 aliphatic carbocycles. The lowest BCUT2D eigenvalue weighted by molar-refractivity contribution is -0.125. The van der Waals surface area contributed by atoms with Gasteiger partial charge in [0.2, 0.25) is 11.8 Å². The highest BCUT2D eigenvalue weighted by atomic mass is 16.2. The first-order valence-electron chi connectivity index (χ1n) is 6.69. The van der Waals surface area contributed by atoms with Crippen molar-refractivity contribution in [2.45, 2.75) is 12.3 Å². The third kappa shape index (κ3) is 2.35. The molecule has 0 saturated carbocycles. The molecule has 0 spiro atoms. The molecular weight excluding hydrogens is 250 g/mol. The van der Waals surface area contributed by atoms with Crippen molar-refractivity contribution in [3.8, 4) is 0 Å². The highest BCUT2D eigenvalue weighted by Crippen LogP contribution is 2.32. The Morgan fingerprint density at radius 3 is 2.05 bits per heavy atom. The van der Waals surface area contributed by atoms with Crippen LogP contribution in [0.1, 0.15) is 17.0 Å². The number of hydrogen-bond acceptors (Lipinski definition) is 2. The molecule has 20 heavy (non-hydrogen) atoms. The van der Waals surface area contributed by atoms with Gasteiger partial charge in [0.05, 0.1) is 11.8 Å². The molecule has 3 nitrogen and oxygen atoms in total. The van der Waals surface area contributed by atoms with Crippen molar-refractivity contribution in [3.05, 3.63) is 71.8 Å². The first-order valence-corrected chi connectivity index (χ1v) is 6.69. The molecule has 1 aliphatic rings. The number of carbonyl (C=O) groups is 2. The second-order valence-corrected chi connectivity index (χ2v) is 5.04. The fraction of sp³-hybridized carbons (Fsp3) is 0.176. The molecule has 100 valence electrons. The summed E-state index contributed by atoms with van der Waals surface area (Å²) < 4.78 is 0. The number of hydrogen-bond donors (Lipinski definition) is 1. The Labute approximate surface area is 117 Å². The third-order valence-electron chi connectivity index (χ3n) is 3.73. The van der Waals surface area contributed by atoms with Gasteiger partial charge >= 0.3 is 0 Å². The molecule has 1 fully saturated rings. The molecule has 2 aromatic rings. The number of nitrogens with one attached hydrogen (secondary N) is 1. The van der Waals surface area contributed by atoms with E-state index < -0.39 is 0 Å². The van der Waals surface area contributed by atoms with E-state index in [-0.39, 0.29) is 23.7 Å². The lowest BCUT2D eigenvalue weighted by atomic mass is 9.84. The van der Waals surface area contributed by atoms with E-state index in [1.54, 1.807) is 0 Å². The zero-order chi connectivity index (χ0) is 13.9. The van der Waals surface area contributed by atoms with E-state index in [0.29, 0.717) is 6.42 Å². The van der Waals surface area contributed by atoms with Crippen LogP contribution in [-0.4, -0.2) is 11.8 Å². The van der Waals surface area contributed by atoms with Crippen LogP contribution in [0, 0.1) is 5.92 Å². The summed E-state index contributed by atoms with van der Waals surface area (Å²) in [6.45, 7) is 0.